The number of sulfone groups is 1. The van der Waals surface area contributed by atoms with Crippen molar-refractivity contribution in [2.75, 3.05) is 12.4 Å². The van der Waals surface area contributed by atoms with E-state index in [9.17, 15) is 8.42 Å². The van der Waals surface area contributed by atoms with E-state index in [1.54, 1.807) is 6.07 Å². The Morgan fingerprint density at radius 2 is 1.67 bits per heavy atom. The quantitative estimate of drug-likeness (QED) is 0.851. The third-order valence-corrected chi connectivity index (χ3v) is 4.59. The Bertz CT molecular complexity index is 669. The normalized spacial score (nSPS) is 11.3. The first-order valence-corrected chi connectivity index (χ1v) is 8.57. The van der Waals surface area contributed by atoms with Crippen LogP contribution >= 0.6 is 0 Å². The highest BCUT2D eigenvalue weighted by Gasteiger charge is 2.12. The molecule has 4 nitrogen and oxygen atoms in total. The molecule has 2 aromatic carbocycles. The highest BCUT2D eigenvalue weighted by atomic mass is 32.2. The summed E-state index contributed by atoms with van der Waals surface area (Å²) in [6.07, 6.45) is 0. The van der Waals surface area contributed by atoms with Crippen molar-refractivity contribution in [3.63, 3.8) is 0 Å². The maximum Gasteiger partial charge on any atom is 0.157 e. The summed E-state index contributed by atoms with van der Waals surface area (Å²) in [6, 6.07) is 16.5. The molecule has 0 saturated heterocycles. The number of nitrogens with two attached hydrogens (primary N) is 1. The standard InChI is InChI=1S/C16H19NO3S/c17-12-15-7-4-8-16(11-15)20-9-10-21(18,19)13-14-5-2-1-3-6-14/h1-8,11H,9-10,12-13,17H2. The molecular weight excluding hydrogens is 286 g/mol. The SMILES string of the molecule is NCc1cccc(OCCS(=O)(=O)Cc2ccccc2)c1. The van der Waals surface area contributed by atoms with Gasteiger partial charge in [0, 0.05) is 6.54 Å². The second kappa shape index (κ2) is 7.24. The molecule has 2 rings (SSSR count). The van der Waals surface area contributed by atoms with Crippen LogP contribution < -0.4 is 10.5 Å². The summed E-state index contributed by atoms with van der Waals surface area (Å²) in [7, 11) is -3.17. The van der Waals surface area contributed by atoms with Crippen molar-refractivity contribution < 1.29 is 13.2 Å². The van der Waals surface area contributed by atoms with Gasteiger partial charge in [0.05, 0.1) is 11.5 Å². The van der Waals surface area contributed by atoms with E-state index in [-0.39, 0.29) is 18.1 Å². The molecule has 21 heavy (non-hydrogen) atoms. The second-order valence-electron chi connectivity index (χ2n) is 4.78. The van der Waals surface area contributed by atoms with Gasteiger partial charge in [-0.3, -0.25) is 0 Å². The minimum absolute atomic E-state index is 0.00521. The van der Waals surface area contributed by atoms with Crippen LogP contribution in [0, 0.1) is 0 Å². The highest BCUT2D eigenvalue weighted by molar-refractivity contribution is 7.90. The van der Waals surface area contributed by atoms with Gasteiger partial charge in [-0.05, 0) is 23.3 Å². The van der Waals surface area contributed by atoms with Gasteiger partial charge in [0.15, 0.2) is 9.84 Å². The molecule has 0 amide bonds. The van der Waals surface area contributed by atoms with Crippen LogP contribution in [0.3, 0.4) is 0 Å². The van der Waals surface area contributed by atoms with E-state index >= 15 is 0 Å². The molecule has 0 heterocycles. The molecule has 0 atom stereocenters. The van der Waals surface area contributed by atoms with Crippen molar-refractivity contribution in [3.05, 3.63) is 65.7 Å². The monoisotopic (exact) mass is 305 g/mol. The lowest BCUT2D eigenvalue weighted by Gasteiger charge is -2.08. The van der Waals surface area contributed by atoms with Crippen molar-refractivity contribution in [1.82, 2.24) is 0 Å². The summed E-state index contributed by atoms with van der Waals surface area (Å²) < 4.78 is 29.5. The van der Waals surface area contributed by atoms with Gasteiger partial charge in [-0.2, -0.15) is 0 Å². The summed E-state index contributed by atoms with van der Waals surface area (Å²) in [5, 5.41) is 0. The fourth-order valence-electron chi connectivity index (χ4n) is 1.95. The van der Waals surface area contributed by atoms with Crippen molar-refractivity contribution in [2.45, 2.75) is 12.3 Å². The minimum Gasteiger partial charge on any atom is -0.493 e. The molecule has 0 spiro atoms. The molecule has 0 aliphatic heterocycles. The van der Waals surface area contributed by atoms with Crippen LogP contribution in [0.1, 0.15) is 11.1 Å². The van der Waals surface area contributed by atoms with Crippen LogP contribution in [0.2, 0.25) is 0 Å². The Hall–Kier alpha value is -1.85. The predicted molar refractivity (Wildman–Crippen MR) is 83.8 cm³/mol. The van der Waals surface area contributed by atoms with E-state index in [2.05, 4.69) is 0 Å². The lowest BCUT2D eigenvalue weighted by molar-refractivity contribution is 0.340. The Morgan fingerprint density at radius 3 is 2.38 bits per heavy atom. The molecule has 0 bridgehead atoms. The van der Waals surface area contributed by atoms with Crippen LogP contribution in [-0.2, 0) is 22.1 Å². The number of ether oxygens (including phenoxy) is 1. The molecule has 0 aromatic heterocycles. The molecule has 0 radical (unpaired) electrons. The van der Waals surface area contributed by atoms with Gasteiger partial charge in [-0.1, -0.05) is 42.5 Å². The van der Waals surface area contributed by atoms with E-state index in [1.807, 2.05) is 48.5 Å². The summed E-state index contributed by atoms with van der Waals surface area (Å²) in [5.74, 6) is 0.683. The number of rotatable bonds is 7. The predicted octanol–water partition coefficient (Wildman–Crippen LogP) is 2.14. The average Bonchev–Trinajstić information content (AvgIpc) is 2.48. The Kier molecular flexibility index (Phi) is 5.36. The number of benzene rings is 2. The minimum atomic E-state index is -3.17. The fourth-order valence-corrected chi connectivity index (χ4v) is 3.13. The summed E-state index contributed by atoms with van der Waals surface area (Å²) in [4.78, 5) is 0. The Labute approximate surface area is 125 Å². The molecule has 5 heteroatoms. The zero-order valence-electron chi connectivity index (χ0n) is 11.7. The van der Waals surface area contributed by atoms with Crippen molar-refractivity contribution in [1.29, 1.82) is 0 Å². The largest absolute Gasteiger partial charge is 0.493 e. The van der Waals surface area contributed by atoms with Gasteiger partial charge in [0.25, 0.3) is 0 Å². The van der Waals surface area contributed by atoms with Gasteiger partial charge in [0.2, 0.25) is 0 Å². The Balaban J connectivity index is 1.87. The van der Waals surface area contributed by atoms with Gasteiger partial charge in [-0.15, -0.1) is 0 Å². The van der Waals surface area contributed by atoms with Crippen LogP contribution in [0.25, 0.3) is 0 Å². The highest BCUT2D eigenvalue weighted by Crippen LogP contribution is 2.13. The van der Waals surface area contributed by atoms with Crippen molar-refractivity contribution in [2.24, 2.45) is 5.73 Å². The fraction of sp³-hybridized carbons (Fsp3) is 0.250. The summed E-state index contributed by atoms with van der Waals surface area (Å²) >= 11 is 0. The van der Waals surface area contributed by atoms with Gasteiger partial charge < -0.3 is 10.5 Å². The lowest BCUT2D eigenvalue weighted by atomic mass is 10.2. The van der Waals surface area contributed by atoms with E-state index < -0.39 is 9.84 Å². The number of hydrogen-bond donors (Lipinski definition) is 1. The molecule has 0 aliphatic carbocycles. The molecule has 0 unspecified atom stereocenters. The van der Waals surface area contributed by atoms with Crippen molar-refractivity contribution >= 4 is 9.84 Å². The Morgan fingerprint density at radius 1 is 0.952 bits per heavy atom. The van der Waals surface area contributed by atoms with E-state index in [0.717, 1.165) is 11.1 Å². The van der Waals surface area contributed by atoms with Crippen LogP contribution in [0.5, 0.6) is 5.75 Å². The van der Waals surface area contributed by atoms with Crippen molar-refractivity contribution in [3.8, 4) is 5.75 Å². The zero-order valence-corrected chi connectivity index (χ0v) is 12.6. The lowest BCUT2D eigenvalue weighted by Crippen LogP contribution is -2.16. The van der Waals surface area contributed by atoms with E-state index in [1.165, 1.54) is 0 Å². The van der Waals surface area contributed by atoms with Gasteiger partial charge >= 0.3 is 0 Å². The maximum absolute atomic E-state index is 12.0. The first kappa shape index (κ1) is 15.5. The molecule has 2 N–H and O–H groups in total. The van der Waals surface area contributed by atoms with E-state index in [4.69, 9.17) is 10.5 Å². The van der Waals surface area contributed by atoms with Crippen LogP contribution in [-0.4, -0.2) is 20.8 Å². The zero-order chi connectivity index (χ0) is 15.1. The van der Waals surface area contributed by atoms with E-state index in [0.29, 0.717) is 12.3 Å². The van der Waals surface area contributed by atoms with Crippen LogP contribution in [0.15, 0.2) is 54.6 Å². The average molecular weight is 305 g/mol. The topological polar surface area (TPSA) is 69.4 Å². The third kappa shape index (κ3) is 5.21. The molecule has 112 valence electrons. The number of hydrogen-bond acceptors (Lipinski definition) is 4. The summed E-state index contributed by atoms with van der Waals surface area (Å²) in [5.41, 5.74) is 7.30. The molecule has 2 aromatic rings. The molecular formula is C16H19NO3S. The molecule has 0 fully saturated rings. The van der Waals surface area contributed by atoms with Gasteiger partial charge in [-0.25, -0.2) is 8.42 Å². The van der Waals surface area contributed by atoms with Crippen LogP contribution in [0.4, 0.5) is 0 Å². The van der Waals surface area contributed by atoms with Gasteiger partial charge in [0.1, 0.15) is 12.4 Å². The molecule has 0 aliphatic rings. The molecule has 0 saturated carbocycles. The maximum atomic E-state index is 12.0. The summed E-state index contributed by atoms with van der Waals surface area (Å²) in [6.45, 7) is 0.576. The second-order valence-corrected chi connectivity index (χ2v) is 6.96. The third-order valence-electron chi connectivity index (χ3n) is 3.03. The smallest absolute Gasteiger partial charge is 0.157 e. The first-order valence-electron chi connectivity index (χ1n) is 6.75. The first-order chi connectivity index (χ1) is 10.1.